The highest BCUT2D eigenvalue weighted by Crippen LogP contribution is 2.19. The molecule has 2 aromatic carbocycles. The van der Waals surface area contributed by atoms with E-state index in [1.807, 2.05) is 0 Å². The Morgan fingerprint density at radius 3 is 2.06 bits per heavy atom. The molecule has 0 aromatic heterocycles. The number of rotatable bonds is 14. The highest BCUT2D eigenvalue weighted by atomic mass is 32.2. The first-order valence-electron chi connectivity index (χ1n) is 11.4. The average Bonchev–Trinajstić information content (AvgIpc) is 2.78. The van der Waals surface area contributed by atoms with Gasteiger partial charge in [0.15, 0.2) is 0 Å². The molecule has 176 valence electrons. The predicted octanol–water partition coefficient (Wildman–Crippen LogP) is 5.21. The lowest BCUT2D eigenvalue weighted by atomic mass is 10.2. The first-order chi connectivity index (χ1) is 15.4. The fourth-order valence-electron chi connectivity index (χ4n) is 3.29. The standard InChI is InChI=1S/C25H35NO5S/c1-4-6-17-26(18-7-5-2)19-10-20-30-23-15-13-22(14-16-23)25(27)31-32(28,29)24-12-9-8-11-21(24)3/h8-9,11-16H,4-7,10,17-20H2,1-3H3. The molecule has 0 N–H and O–H groups in total. The van der Waals surface area contributed by atoms with Gasteiger partial charge in [-0.3, -0.25) is 0 Å². The molecule has 0 aliphatic heterocycles. The number of carbonyl (C=O) groups is 1. The summed E-state index contributed by atoms with van der Waals surface area (Å²) in [4.78, 5) is 14.8. The maximum absolute atomic E-state index is 12.4. The van der Waals surface area contributed by atoms with Crippen LogP contribution in [0.1, 0.15) is 61.9 Å². The van der Waals surface area contributed by atoms with E-state index in [0.29, 0.717) is 17.9 Å². The molecule has 0 amide bonds. The van der Waals surface area contributed by atoms with Crippen LogP contribution in [-0.2, 0) is 14.3 Å². The van der Waals surface area contributed by atoms with Crippen molar-refractivity contribution in [2.45, 2.75) is 57.8 Å². The summed E-state index contributed by atoms with van der Waals surface area (Å²) in [6.07, 6.45) is 5.73. The van der Waals surface area contributed by atoms with Gasteiger partial charge in [0.1, 0.15) is 10.6 Å². The van der Waals surface area contributed by atoms with Gasteiger partial charge in [-0.1, -0.05) is 44.9 Å². The van der Waals surface area contributed by atoms with Crippen molar-refractivity contribution < 1.29 is 22.1 Å². The van der Waals surface area contributed by atoms with Gasteiger partial charge in [-0.2, -0.15) is 8.42 Å². The zero-order chi connectivity index (χ0) is 23.4. The maximum atomic E-state index is 12.4. The van der Waals surface area contributed by atoms with Gasteiger partial charge in [0, 0.05) is 6.54 Å². The number of carbonyl (C=O) groups excluding carboxylic acids is 1. The zero-order valence-electron chi connectivity index (χ0n) is 19.4. The molecule has 0 aliphatic carbocycles. The Balaban J connectivity index is 1.84. The molecule has 0 spiro atoms. The highest BCUT2D eigenvalue weighted by Gasteiger charge is 2.23. The van der Waals surface area contributed by atoms with Crippen molar-refractivity contribution >= 4 is 16.1 Å². The molecule has 0 atom stereocenters. The van der Waals surface area contributed by atoms with Crippen molar-refractivity contribution in [1.82, 2.24) is 4.90 Å². The second-order valence-corrected chi connectivity index (χ2v) is 9.38. The summed E-state index contributed by atoms with van der Waals surface area (Å²) in [5.41, 5.74) is 0.673. The normalized spacial score (nSPS) is 11.5. The predicted molar refractivity (Wildman–Crippen MR) is 127 cm³/mol. The van der Waals surface area contributed by atoms with Gasteiger partial charge in [0.2, 0.25) is 0 Å². The number of aryl methyl sites for hydroxylation is 1. The number of benzene rings is 2. The SMILES string of the molecule is CCCCN(CCCC)CCCOc1ccc(C(=O)OS(=O)(=O)c2ccccc2C)cc1. The van der Waals surface area contributed by atoms with E-state index in [0.717, 1.165) is 26.1 Å². The molecule has 0 saturated heterocycles. The van der Waals surface area contributed by atoms with E-state index in [4.69, 9.17) is 8.92 Å². The largest absolute Gasteiger partial charge is 0.494 e. The van der Waals surface area contributed by atoms with Crippen LogP contribution in [0.5, 0.6) is 5.75 Å². The van der Waals surface area contributed by atoms with Gasteiger partial charge >= 0.3 is 16.1 Å². The molecular weight excluding hydrogens is 426 g/mol. The van der Waals surface area contributed by atoms with E-state index >= 15 is 0 Å². The number of ether oxygens (including phenoxy) is 1. The molecule has 6 nitrogen and oxygen atoms in total. The average molecular weight is 462 g/mol. The van der Waals surface area contributed by atoms with Crippen molar-refractivity contribution in [3.05, 3.63) is 59.7 Å². The molecule has 0 fully saturated rings. The lowest BCUT2D eigenvalue weighted by Crippen LogP contribution is -2.28. The minimum atomic E-state index is -4.17. The molecule has 7 heteroatoms. The molecule has 32 heavy (non-hydrogen) atoms. The van der Waals surface area contributed by atoms with E-state index in [1.165, 1.54) is 43.9 Å². The van der Waals surface area contributed by atoms with Gasteiger partial charge in [-0.15, -0.1) is 0 Å². The van der Waals surface area contributed by atoms with Crippen LogP contribution < -0.4 is 4.74 Å². The Morgan fingerprint density at radius 2 is 1.47 bits per heavy atom. The van der Waals surface area contributed by atoms with Crippen molar-refractivity contribution in [3.8, 4) is 5.75 Å². The molecular formula is C25H35NO5S. The third-order valence-corrected chi connectivity index (χ3v) is 6.55. The summed E-state index contributed by atoms with van der Waals surface area (Å²) in [5, 5.41) is 0. The lowest BCUT2D eigenvalue weighted by molar-refractivity contribution is 0.0746. The number of hydrogen-bond donors (Lipinski definition) is 0. The van der Waals surface area contributed by atoms with Crippen molar-refractivity contribution in [2.75, 3.05) is 26.2 Å². The maximum Gasteiger partial charge on any atom is 0.354 e. The zero-order valence-corrected chi connectivity index (χ0v) is 20.2. The fraction of sp³-hybridized carbons (Fsp3) is 0.480. The summed E-state index contributed by atoms with van der Waals surface area (Å²) in [6.45, 7) is 9.90. The molecule has 0 aliphatic rings. The molecule has 0 bridgehead atoms. The smallest absolute Gasteiger partial charge is 0.354 e. The van der Waals surface area contributed by atoms with E-state index in [1.54, 1.807) is 37.3 Å². The van der Waals surface area contributed by atoms with Gasteiger partial charge in [-0.05, 0) is 75.2 Å². The molecule has 0 unspecified atom stereocenters. The molecule has 0 heterocycles. The van der Waals surface area contributed by atoms with Crippen LogP contribution in [0.3, 0.4) is 0 Å². The lowest BCUT2D eigenvalue weighted by Gasteiger charge is -2.21. The topological polar surface area (TPSA) is 72.9 Å². The second-order valence-electron chi connectivity index (χ2n) is 7.87. The summed E-state index contributed by atoms with van der Waals surface area (Å²) >= 11 is 0. The van der Waals surface area contributed by atoms with Crippen molar-refractivity contribution in [2.24, 2.45) is 0 Å². The van der Waals surface area contributed by atoms with Gasteiger partial charge < -0.3 is 13.8 Å². The van der Waals surface area contributed by atoms with Gasteiger partial charge in [-0.25, -0.2) is 4.79 Å². The summed E-state index contributed by atoms with van der Waals surface area (Å²) in [7, 11) is -4.17. The van der Waals surface area contributed by atoms with E-state index in [9.17, 15) is 13.2 Å². The number of hydrogen-bond acceptors (Lipinski definition) is 6. The number of unbranched alkanes of at least 4 members (excludes halogenated alkanes) is 2. The van der Waals surface area contributed by atoms with Crippen molar-refractivity contribution in [1.29, 1.82) is 0 Å². The van der Waals surface area contributed by atoms with Crippen LogP contribution >= 0.6 is 0 Å². The monoisotopic (exact) mass is 461 g/mol. The summed E-state index contributed by atoms with van der Waals surface area (Å²) < 4.78 is 35.4. The van der Waals surface area contributed by atoms with E-state index in [2.05, 4.69) is 18.7 Å². The molecule has 2 aromatic rings. The minimum absolute atomic E-state index is 0.0137. The molecule has 0 saturated carbocycles. The first-order valence-corrected chi connectivity index (χ1v) is 12.8. The summed E-state index contributed by atoms with van der Waals surface area (Å²) in [6, 6.07) is 12.7. The van der Waals surface area contributed by atoms with Crippen LogP contribution in [0.25, 0.3) is 0 Å². The van der Waals surface area contributed by atoms with Crippen LogP contribution in [0.4, 0.5) is 0 Å². The Morgan fingerprint density at radius 1 is 0.875 bits per heavy atom. The van der Waals surface area contributed by atoms with Gasteiger partial charge in [0.05, 0.1) is 12.2 Å². The second kappa shape index (κ2) is 13.2. The minimum Gasteiger partial charge on any atom is -0.494 e. The van der Waals surface area contributed by atoms with E-state index < -0.39 is 16.1 Å². The molecule has 2 rings (SSSR count). The fourth-order valence-corrected chi connectivity index (χ4v) is 4.39. The Hall–Kier alpha value is -2.38. The molecule has 0 radical (unpaired) electrons. The quantitative estimate of drug-likeness (QED) is 0.284. The Bertz CT molecular complexity index is 933. The first kappa shape index (κ1) is 25.9. The van der Waals surface area contributed by atoms with Crippen LogP contribution in [0.2, 0.25) is 0 Å². The number of nitrogens with zero attached hydrogens (tertiary/aromatic N) is 1. The summed E-state index contributed by atoms with van der Waals surface area (Å²) in [5.74, 6) is -0.278. The Kier molecular flexibility index (Phi) is 10.7. The van der Waals surface area contributed by atoms with E-state index in [-0.39, 0.29) is 10.5 Å². The van der Waals surface area contributed by atoms with Crippen LogP contribution in [0, 0.1) is 6.92 Å². The van der Waals surface area contributed by atoms with Gasteiger partial charge in [0.25, 0.3) is 0 Å². The third-order valence-electron chi connectivity index (χ3n) is 5.18. The third kappa shape index (κ3) is 8.28. The van der Waals surface area contributed by atoms with Crippen LogP contribution in [0.15, 0.2) is 53.4 Å². The highest BCUT2D eigenvalue weighted by molar-refractivity contribution is 7.87. The van der Waals surface area contributed by atoms with Crippen molar-refractivity contribution in [3.63, 3.8) is 0 Å². The Labute approximate surface area is 192 Å². The van der Waals surface area contributed by atoms with Crippen LogP contribution in [-0.4, -0.2) is 45.5 Å².